The first-order chi connectivity index (χ1) is 14.1. The standard InChI is InChI=1S/C22H28N4O2S/c1-15-16(2)29-22-20(15)21(23-13-18(27)12-17-6-4-3-5-7-17)24-19(25-22)14-26-8-10-28-11-9-26/h3-7,18,27H,8-14H2,1-2H3,(H,23,24,25). The molecule has 2 aromatic heterocycles. The van der Waals surface area contributed by atoms with E-state index in [1.165, 1.54) is 10.4 Å². The second kappa shape index (κ2) is 9.17. The molecule has 1 fully saturated rings. The number of hydrogen-bond donors (Lipinski definition) is 2. The average Bonchev–Trinajstić information content (AvgIpc) is 3.01. The molecule has 6 nitrogen and oxygen atoms in total. The van der Waals surface area contributed by atoms with Gasteiger partial charge in [-0.05, 0) is 25.0 Å². The van der Waals surface area contributed by atoms with E-state index in [2.05, 4.69) is 24.1 Å². The summed E-state index contributed by atoms with van der Waals surface area (Å²) in [4.78, 5) is 14.3. The van der Waals surface area contributed by atoms with E-state index in [9.17, 15) is 5.11 Å². The van der Waals surface area contributed by atoms with Gasteiger partial charge in [0.2, 0.25) is 0 Å². The van der Waals surface area contributed by atoms with Crippen LogP contribution in [-0.4, -0.2) is 58.9 Å². The molecule has 0 bridgehead atoms. The maximum absolute atomic E-state index is 10.5. The van der Waals surface area contributed by atoms with Crippen molar-refractivity contribution in [2.24, 2.45) is 0 Å². The van der Waals surface area contributed by atoms with Crippen LogP contribution in [0.1, 0.15) is 21.8 Å². The van der Waals surface area contributed by atoms with E-state index < -0.39 is 6.10 Å². The van der Waals surface area contributed by atoms with Gasteiger partial charge in [-0.25, -0.2) is 9.97 Å². The number of nitrogens with zero attached hydrogens (tertiary/aromatic N) is 3. The van der Waals surface area contributed by atoms with Gasteiger partial charge >= 0.3 is 0 Å². The first-order valence-corrected chi connectivity index (χ1v) is 10.9. The predicted molar refractivity (Wildman–Crippen MR) is 118 cm³/mol. The number of anilines is 1. The maximum atomic E-state index is 10.5. The largest absolute Gasteiger partial charge is 0.391 e. The molecule has 7 heteroatoms. The van der Waals surface area contributed by atoms with Crippen molar-refractivity contribution < 1.29 is 9.84 Å². The quantitative estimate of drug-likeness (QED) is 0.621. The Bertz CT molecular complexity index is 954. The molecule has 1 aliphatic rings. The van der Waals surface area contributed by atoms with Gasteiger partial charge in [0.05, 0.1) is 31.2 Å². The van der Waals surface area contributed by atoms with E-state index in [1.807, 2.05) is 30.3 Å². The Morgan fingerprint density at radius 3 is 2.69 bits per heavy atom. The fourth-order valence-corrected chi connectivity index (χ4v) is 4.67. The minimum atomic E-state index is -0.481. The van der Waals surface area contributed by atoms with Crippen LogP contribution in [0, 0.1) is 13.8 Å². The lowest BCUT2D eigenvalue weighted by Gasteiger charge is -2.26. The lowest BCUT2D eigenvalue weighted by atomic mass is 10.1. The Balaban J connectivity index is 1.52. The van der Waals surface area contributed by atoms with Crippen LogP contribution in [0.2, 0.25) is 0 Å². The summed E-state index contributed by atoms with van der Waals surface area (Å²) >= 11 is 1.71. The number of hydrogen-bond acceptors (Lipinski definition) is 7. The van der Waals surface area contributed by atoms with Gasteiger partial charge in [0, 0.05) is 30.9 Å². The van der Waals surface area contributed by atoms with Gasteiger partial charge in [-0.2, -0.15) is 0 Å². The van der Waals surface area contributed by atoms with Crippen molar-refractivity contribution in [3.05, 3.63) is 52.2 Å². The molecular formula is C22H28N4O2S. The first-order valence-electron chi connectivity index (χ1n) is 10.1. The molecule has 29 heavy (non-hydrogen) atoms. The smallest absolute Gasteiger partial charge is 0.146 e. The summed E-state index contributed by atoms with van der Waals surface area (Å²) in [6.45, 7) is 8.74. The van der Waals surface area contributed by atoms with Gasteiger partial charge in [0.25, 0.3) is 0 Å². The summed E-state index contributed by atoms with van der Waals surface area (Å²) in [6.07, 6.45) is 0.134. The third-order valence-corrected chi connectivity index (χ3v) is 6.46. The molecule has 154 valence electrons. The van der Waals surface area contributed by atoms with Gasteiger partial charge in [-0.15, -0.1) is 11.3 Å². The highest BCUT2D eigenvalue weighted by Gasteiger charge is 2.18. The summed E-state index contributed by atoms with van der Waals surface area (Å²) in [6, 6.07) is 10.1. The molecule has 1 atom stereocenters. The van der Waals surface area contributed by atoms with Crippen LogP contribution >= 0.6 is 11.3 Å². The average molecular weight is 413 g/mol. The summed E-state index contributed by atoms with van der Waals surface area (Å²) in [5.41, 5.74) is 2.34. The molecular weight excluding hydrogens is 384 g/mol. The van der Waals surface area contributed by atoms with Crippen LogP contribution in [0.25, 0.3) is 10.2 Å². The minimum Gasteiger partial charge on any atom is -0.391 e. The topological polar surface area (TPSA) is 70.5 Å². The van der Waals surface area contributed by atoms with Crippen molar-refractivity contribution in [3.8, 4) is 0 Å². The second-order valence-corrected chi connectivity index (χ2v) is 8.77. The Kier molecular flexibility index (Phi) is 6.40. The lowest BCUT2D eigenvalue weighted by Crippen LogP contribution is -2.36. The van der Waals surface area contributed by atoms with Crippen LogP contribution in [-0.2, 0) is 17.7 Å². The van der Waals surface area contributed by atoms with Crippen molar-refractivity contribution in [1.82, 2.24) is 14.9 Å². The normalized spacial score (nSPS) is 16.2. The second-order valence-electron chi connectivity index (χ2n) is 7.56. The third kappa shape index (κ3) is 4.93. The fourth-order valence-electron chi connectivity index (χ4n) is 3.62. The zero-order valence-corrected chi connectivity index (χ0v) is 17.8. The van der Waals surface area contributed by atoms with Gasteiger partial charge in [-0.1, -0.05) is 30.3 Å². The van der Waals surface area contributed by atoms with E-state index in [0.717, 1.165) is 60.3 Å². The van der Waals surface area contributed by atoms with Crippen molar-refractivity contribution in [1.29, 1.82) is 0 Å². The number of aliphatic hydroxyl groups is 1. The van der Waals surface area contributed by atoms with E-state index >= 15 is 0 Å². The van der Waals surface area contributed by atoms with Gasteiger partial charge < -0.3 is 15.2 Å². The molecule has 1 saturated heterocycles. The number of rotatable bonds is 7. The highest BCUT2D eigenvalue weighted by molar-refractivity contribution is 7.18. The number of aryl methyl sites for hydroxylation is 2. The third-order valence-electron chi connectivity index (χ3n) is 5.36. The predicted octanol–water partition coefficient (Wildman–Crippen LogP) is 3.16. The number of thiophene rings is 1. The van der Waals surface area contributed by atoms with E-state index in [0.29, 0.717) is 13.0 Å². The Labute approximate surface area is 175 Å². The number of aliphatic hydroxyl groups excluding tert-OH is 1. The van der Waals surface area contributed by atoms with Crippen LogP contribution in [0.15, 0.2) is 30.3 Å². The van der Waals surface area contributed by atoms with E-state index in [-0.39, 0.29) is 0 Å². The molecule has 4 rings (SSSR count). The Morgan fingerprint density at radius 2 is 1.93 bits per heavy atom. The van der Waals surface area contributed by atoms with Gasteiger partial charge in [0.1, 0.15) is 16.5 Å². The van der Waals surface area contributed by atoms with Gasteiger partial charge in [0.15, 0.2) is 0 Å². The highest BCUT2D eigenvalue weighted by Crippen LogP contribution is 2.33. The molecule has 0 spiro atoms. The van der Waals surface area contributed by atoms with Crippen LogP contribution in [0.4, 0.5) is 5.82 Å². The number of ether oxygens (including phenoxy) is 1. The summed E-state index contributed by atoms with van der Waals surface area (Å²) < 4.78 is 5.44. The molecule has 1 aliphatic heterocycles. The molecule has 0 saturated carbocycles. The van der Waals surface area contributed by atoms with Crippen molar-refractivity contribution >= 4 is 27.4 Å². The Morgan fingerprint density at radius 1 is 1.17 bits per heavy atom. The van der Waals surface area contributed by atoms with Crippen molar-refractivity contribution in [2.75, 3.05) is 38.2 Å². The molecule has 0 aliphatic carbocycles. The van der Waals surface area contributed by atoms with Crippen molar-refractivity contribution in [3.63, 3.8) is 0 Å². The lowest BCUT2D eigenvalue weighted by molar-refractivity contribution is 0.0331. The SMILES string of the molecule is Cc1sc2nc(CN3CCOCC3)nc(NCC(O)Cc3ccccc3)c2c1C. The summed E-state index contributed by atoms with van der Waals surface area (Å²) in [7, 11) is 0. The molecule has 1 aromatic carbocycles. The fraction of sp³-hybridized carbons (Fsp3) is 0.455. The zero-order chi connectivity index (χ0) is 20.2. The first kappa shape index (κ1) is 20.2. The van der Waals surface area contributed by atoms with Crippen LogP contribution in [0.5, 0.6) is 0 Å². The van der Waals surface area contributed by atoms with Crippen LogP contribution < -0.4 is 5.32 Å². The number of nitrogens with one attached hydrogen (secondary N) is 1. The number of morpholine rings is 1. The minimum absolute atomic E-state index is 0.451. The van der Waals surface area contributed by atoms with Crippen LogP contribution in [0.3, 0.4) is 0 Å². The van der Waals surface area contributed by atoms with Crippen molar-refractivity contribution in [2.45, 2.75) is 32.9 Å². The number of aromatic nitrogens is 2. The Hall–Kier alpha value is -2.06. The molecule has 3 heterocycles. The highest BCUT2D eigenvalue weighted by atomic mass is 32.1. The summed E-state index contributed by atoms with van der Waals surface area (Å²) in [5.74, 6) is 1.65. The molecule has 0 radical (unpaired) electrons. The zero-order valence-electron chi connectivity index (χ0n) is 17.0. The van der Waals surface area contributed by atoms with E-state index in [1.54, 1.807) is 11.3 Å². The maximum Gasteiger partial charge on any atom is 0.146 e. The molecule has 0 amide bonds. The molecule has 1 unspecified atom stereocenters. The number of fused-ring (bicyclic) bond motifs is 1. The summed E-state index contributed by atoms with van der Waals surface area (Å²) in [5, 5.41) is 15.0. The van der Waals surface area contributed by atoms with Gasteiger partial charge in [-0.3, -0.25) is 4.90 Å². The van der Waals surface area contributed by atoms with E-state index in [4.69, 9.17) is 14.7 Å². The molecule has 2 N–H and O–H groups in total. The monoisotopic (exact) mass is 412 g/mol. The number of benzene rings is 1. The molecule has 3 aromatic rings.